The average Bonchev–Trinajstić information content (AvgIpc) is 2.48. The molecular formula is C8H10N2O2. The van der Waals surface area contributed by atoms with Gasteiger partial charge in [0.25, 0.3) is 5.91 Å². The number of hydrogen-bond donors (Lipinski definition) is 0. The predicted molar refractivity (Wildman–Crippen MR) is 42.1 cm³/mol. The van der Waals surface area contributed by atoms with Crippen LogP contribution in [0.3, 0.4) is 0 Å². The Morgan fingerprint density at radius 1 is 1.42 bits per heavy atom. The van der Waals surface area contributed by atoms with Gasteiger partial charge < -0.3 is 9.80 Å². The number of nitrogens with zero attached hydrogens (tertiary/aromatic N) is 2. The first-order valence-corrected chi connectivity index (χ1v) is 3.96. The fraction of sp³-hybridized carbons (Fsp3) is 0.500. The van der Waals surface area contributed by atoms with Gasteiger partial charge in [0.1, 0.15) is 12.2 Å². The molecule has 2 aliphatic rings. The minimum atomic E-state index is -0.0351. The maximum atomic E-state index is 11.4. The molecule has 2 heterocycles. The zero-order valence-electron chi connectivity index (χ0n) is 6.91. The lowest BCUT2D eigenvalue weighted by molar-refractivity contribution is -0.143. The van der Waals surface area contributed by atoms with Gasteiger partial charge in [-0.3, -0.25) is 9.59 Å². The third-order valence-corrected chi connectivity index (χ3v) is 2.22. The number of fused-ring (bicyclic) bond motifs is 1. The Morgan fingerprint density at radius 2 is 2.17 bits per heavy atom. The van der Waals surface area contributed by atoms with Gasteiger partial charge in [-0.25, -0.2) is 0 Å². The minimum Gasteiger partial charge on any atom is -0.331 e. The van der Waals surface area contributed by atoms with E-state index in [4.69, 9.17) is 0 Å². The lowest BCUT2D eigenvalue weighted by Crippen LogP contribution is -2.48. The van der Waals surface area contributed by atoms with E-state index in [9.17, 15) is 9.59 Å². The van der Waals surface area contributed by atoms with Crippen molar-refractivity contribution in [3.63, 3.8) is 0 Å². The second-order valence-corrected chi connectivity index (χ2v) is 3.08. The summed E-state index contributed by atoms with van der Waals surface area (Å²) in [5.41, 5.74) is 0.564. The molecule has 0 spiro atoms. The van der Waals surface area contributed by atoms with E-state index in [1.54, 1.807) is 11.9 Å². The van der Waals surface area contributed by atoms with E-state index in [0.717, 1.165) is 6.42 Å². The van der Waals surface area contributed by atoms with E-state index in [2.05, 4.69) is 0 Å². The third kappa shape index (κ3) is 0.841. The zero-order chi connectivity index (χ0) is 8.72. The van der Waals surface area contributed by atoms with Crippen LogP contribution in [0, 0.1) is 0 Å². The molecule has 0 aromatic heterocycles. The smallest absolute Gasteiger partial charge is 0.270 e. The molecule has 0 unspecified atom stereocenters. The molecule has 2 rings (SSSR count). The van der Waals surface area contributed by atoms with Crippen LogP contribution in [0.15, 0.2) is 11.8 Å². The summed E-state index contributed by atoms with van der Waals surface area (Å²) >= 11 is 0. The number of hydrogen-bond acceptors (Lipinski definition) is 2. The van der Waals surface area contributed by atoms with Crippen LogP contribution in [0.25, 0.3) is 0 Å². The molecule has 1 saturated heterocycles. The number of carbonyl (C=O) groups is 2. The molecular weight excluding hydrogens is 156 g/mol. The summed E-state index contributed by atoms with van der Waals surface area (Å²) in [6.45, 7) is 0.893. The summed E-state index contributed by atoms with van der Waals surface area (Å²) in [4.78, 5) is 25.8. The van der Waals surface area contributed by atoms with Gasteiger partial charge >= 0.3 is 0 Å². The molecule has 2 amide bonds. The van der Waals surface area contributed by atoms with Crippen LogP contribution < -0.4 is 0 Å². The fourth-order valence-electron chi connectivity index (χ4n) is 1.58. The van der Waals surface area contributed by atoms with Crippen molar-refractivity contribution in [2.75, 3.05) is 20.1 Å². The Hall–Kier alpha value is -1.32. The van der Waals surface area contributed by atoms with Gasteiger partial charge in [-0.05, 0) is 6.42 Å². The molecule has 0 aliphatic carbocycles. The molecule has 0 aromatic rings. The first kappa shape index (κ1) is 7.34. The Labute approximate surface area is 70.4 Å². The highest BCUT2D eigenvalue weighted by atomic mass is 16.2. The molecule has 2 aliphatic heterocycles. The lowest BCUT2D eigenvalue weighted by Gasteiger charge is -2.30. The van der Waals surface area contributed by atoms with Crippen LogP contribution in [0.2, 0.25) is 0 Å². The van der Waals surface area contributed by atoms with Crippen molar-refractivity contribution >= 4 is 11.8 Å². The third-order valence-electron chi connectivity index (χ3n) is 2.22. The number of likely N-dealkylation sites (N-methyl/N-ethyl adjacent to an activating group) is 1. The Morgan fingerprint density at radius 3 is 2.92 bits per heavy atom. The van der Waals surface area contributed by atoms with E-state index in [1.165, 1.54) is 4.90 Å². The van der Waals surface area contributed by atoms with Crippen LogP contribution in [0.5, 0.6) is 0 Å². The highest BCUT2D eigenvalue weighted by Gasteiger charge is 2.34. The normalized spacial score (nSPS) is 22.9. The number of carbonyl (C=O) groups excluding carboxylic acids is 2. The Balaban J connectivity index is 2.33. The second kappa shape index (κ2) is 2.33. The molecule has 4 heteroatoms. The maximum absolute atomic E-state index is 11.4. The molecule has 0 N–H and O–H groups in total. The van der Waals surface area contributed by atoms with Crippen LogP contribution >= 0.6 is 0 Å². The van der Waals surface area contributed by atoms with Crippen molar-refractivity contribution in [1.82, 2.24) is 9.80 Å². The van der Waals surface area contributed by atoms with Crippen molar-refractivity contribution < 1.29 is 9.59 Å². The van der Waals surface area contributed by atoms with Crippen molar-refractivity contribution in [2.24, 2.45) is 0 Å². The molecule has 4 nitrogen and oxygen atoms in total. The average molecular weight is 166 g/mol. The Kier molecular flexibility index (Phi) is 1.43. The van der Waals surface area contributed by atoms with Crippen LogP contribution in [0.1, 0.15) is 6.42 Å². The van der Waals surface area contributed by atoms with Gasteiger partial charge in [0, 0.05) is 13.6 Å². The van der Waals surface area contributed by atoms with Crippen LogP contribution in [-0.4, -0.2) is 41.8 Å². The molecule has 0 saturated carbocycles. The van der Waals surface area contributed by atoms with Gasteiger partial charge in [-0.2, -0.15) is 0 Å². The van der Waals surface area contributed by atoms with Gasteiger partial charge in [0.05, 0.1) is 0 Å². The first-order chi connectivity index (χ1) is 5.70. The van der Waals surface area contributed by atoms with Crippen molar-refractivity contribution in [2.45, 2.75) is 6.42 Å². The highest BCUT2D eigenvalue weighted by molar-refractivity contribution is 6.03. The fourth-order valence-corrected chi connectivity index (χ4v) is 1.58. The Bertz CT molecular complexity index is 283. The molecule has 64 valence electrons. The summed E-state index contributed by atoms with van der Waals surface area (Å²) < 4.78 is 0. The zero-order valence-corrected chi connectivity index (χ0v) is 6.91. The van der Waals surface area contributed by atoms with E-state index in [0.29, 0.717) is 12.2 Å². The maximum Gasteiger partial charge on any atom is 0.270 e. The summed E-state index contributed by atoms with van der Waals surface area (Å²) in [5.74, 6) is -0.00653. The number of rotatable bonds is 0. The molecule has 1 fully saturated rings. The largest absolute Gasteiger partial charge is 0.331 e. The number of piperazine rings is 1. The molecule has 0 aromatic carbocycles. The summed E-state index contributed by atoms with van der Waals surface area (Å²) in [7, 11) is 1.65. The molecule has 12 heavy (non-hydrogen) atoms. The molecule has 0 bridgehead atoms. The lowest BCUT2D eigenvalue weighted by atomic mass is 10.3. The van der Waals surface area contributed by atoms with Crippen molar-refractivity contribution in [3.8, 4) is 0 Å². The van der Waals surface area contributed by atoms with Gasteiger partial charge in [-0.1, -0.05) is 6.08 Å². The summed E-state index contributed by atoms with van der Waals surface area (Å²) in [5, 5.41) is 0. The van der Waals surface area contributed by atoms with Crippen LogP contribution in [-0.2, 0) is 9.59 Å². The van der Waals surface area contributed by atoms with E-state index < -0.39 is 0 Å². The van der Waals surface area contributed by atoms with Gasteiger partial charge in [-0.15, -0.1) is 0 Å². The molecule has 0 atom stereocenters. The summed E-state index contributed by atoms with van der Waals surface area (Å²) in [6, 6.07) is 0. The second-order valence-electron chi connectivity index (χ2n) is 3.08. The highest BCUT2D eigenvalue weighted by Crippen LogP contribution is 2.20. The van der Waals surface area contributed by atoms with Gasteiger partial charge in [0.2, 0.25) is 5.91 Å². The SMILES string of the molecule is CN1CC(=O)N2CCC=C2C1=O. The van der Waals surface area contributed by atoms with E-state index in [1.807, 2.05) is 6.08 Å². The minimum absolute atomic E-state index is 0.0286. The van der Waals surface area contributed by atoms with E-state index >= 15 is 0 Å². The quantitative estimate of drug-likeness (QED) is 0.490. The van der Waals surface area contributed by atoms with E-state index in [-0.39, 0.29) is 18.4 Å². The van der Waals surface area contributed by atoms with Crippen LogP contribution in [0.4, 0.5) is 0 Å². The monoisotopic (exact) mass is 166 g/mol. The summed E-state index contributed by atoms with van der Waals surface area (Å²) in [6.07, 6.45) is 2.64. The van der Waals surface area contributed by atoms with Crippen molar-refractivity contribution in [1.29, 1.82) is 0 Å². The number of amides is 2. The first-order valence-electron chi connectivity index (χ1n) is 3.96. The predicted octanol–water partition coefficient (Wildman–Crippen LogP) is -0.425. The van der Waals surface area contributed by atoms with Gasteiger partial charge in [0.15, 0.2) is 0 Å². The standard InChI is InChI=1S/C8H10N2O2/c1-9-5-7(11)10-4-2-3-6(10)8(9)12/h3H,2,4-5H2,1H3. The van der Waals surface area contributed by atoms with Crippen molar-refractivity contribution in [3.05, 3.63) is 11.8 Å². The topological polar surface area (TPSA) is 40.6 Å². The molecule has 0 radical (unpaired) electrons.